The topological polar surface area (TPSA) is 6.25 Å². The quantitative estimate of drug-likeness (QED) is 0.406. The van der Waals surface area contributed by atoms with Gasteiger partial charge in [0, 0.05) is 41.6 Å². The summed E-state index contributed by atoms with van der Waals surface area (Å²) in [5.74, 6) is -0.184. The number of anilines is 1. The Morgan fingerprint density at radius 3 is 2.39 bits per heavy atom. The van der Waals surface area contributed by atoms with Crippen LogP contribution in [0.3, 0.4) is 0 Å². The summed E-state index contributed by atoms with van der Waals surface area (Å²) in [5, 5.41) is 0. The number of fused-ring (bicyclic) bond motifs is 2. The molecule has 0 N–H and O–H groups in total. The van der Waals surface area contributed by atoms with E-state index in [0.29, 0.717) is 0 Å². The first kappa shape index (κ1) is 21.3. The molecule has 0 fully saturated rings. The molecule has 31 heavy (non-hydrogen) atoms. The molecule has 0 aromatic heterocycles. The molecule has 4 rings (SSSR count). The Labute approximate surface area is 185 Å². The van der Waals surface area contributed by atoms with Crippen molar-refractivity contribution in [3.8, 4) is 0 Å². The van der Waals surface area contributed by atoms with Crippen LogP contribution < -0.4 is 4.90 Å². The van der Waals surface area contributed by atoms with E-state index in [1.807, 2.05) is 13.1 Å². The van der Waals surface area contributed by atoms with Gasteiger partial charge in [-0.15, -0.1) is 0 Å². The van der Waals surface area contributed by atoms with E-state index >= 15 is 0 Å². The van der Waals surface area contributed by atoms with E-state index in [2.05, 4.69) is 99.7 Å². The maximum atomic E-state index is 13.8. The minimum absolute atomic E-state index is 0.0295. The van der Waals surface area contributed by atoms with E-state index in [0.717, 1.165) is 17.0 Å². The summed E-state index contributed by atoms with van der Waals surface area (Å²) in [5.41, 5.74) is 8.23. The maximum absolute atomic E-state index is 13.8. The van der Waals surface area contributed by atoms with Gasteiger partial charge in [-0.3, -0.25) is 0 Å². The predicted octanol–water partition coefficient (Wildman–Crippen LogP) is 6.56. The molecule has 0 atom stereocenters. The van der Waals surface area contributed by atoms with Crippen LogP contribution in [0.1, 0.15) is 44.4 Å². The molecule has 160 valence electrons. The van der Waals surface area contributed by atoms with Crippen molar-refractivity contribution in [1.82, 2.24) is 0 Å². The minimum Gasteiger partial charge on any atom is -0.347 e. The minimum atomic E-state index is -0.234. The standard InChI is InChI=1S/C28H32FN2/c1-19-13-15-23-21(17-19)27(2,3)25(30(23)6)11-9-8-10-12-26-28(4,5)22-18-20(29)14-16-24(22)31(26)7/h8-18H,1-7H3/q+1. The first-order valence-corrected chi connectivity index (χ1v) is 10.9. The van der Waals surface area contributed by atoms with E-state index in [1.165, 1.54) is 28.6 Å². The third-order valence-electron chi connectivity index (χ3n) is 6.91. The van der Waals surface area contributed by atoms with Crippen LogP contribution in [-0.2, 0) is 10.8 Å². The first-order chi connectivity index (χ1) is 14.5. The highest BCUT2D eigenvalue weighted by molar-refractivity contribution is 6.03. The van der Waals surface area contributed by atoms with Crippen molar-refractivity contribution in [2.24, 2.45) is 0 Å². The summed E-state index contributed by atoms with van der Waals surface area (Å²) in [4.78, 5) is 2.29. The molecule has 2 nitrogen and oxygen atoms in total. The number of rotatable bonds is 3. The first-order valence-electron chi connectivity index (χ1n) is 10.9. The Kier molecular flexibility index (Phi) is 5.04. The van der Waals surface area contributed by atoms with E-state index in [1.54, 1.807) is 6.07 Å². The summed E-state index contributed by atoms with van der Waals surface area (Å²) >= 11 is 0. The van der Waals surface area contributed by atoms with Gasteiger partial charge in [0.2, 0.25) is 5.69 Å². The Morgan fingerprint density at radius 1 is 0.903 bits per heavy atom. The van der Waals surface area contributed by atoms with Crippen LogP contribution in [0.4, 0.5) is 15.8 Å². The van der Waals surface area contributed by atoms with Crippen molar-refractivity contribution in [3.63, 3.8) is 0 Å². The number of halogens is 1. The molecule has 2 heterocycles. The molecule has 0 saturated carbocycles. The molecular weight excluding hydrogens is 383 g/mol. The van der Waals surface area contributed by atoms with Gasteiger partial charge < -0.3 is 4.90 Å². The average Bonchev–Trinajstić information content (AvgIpc) is 3.00. The summed E-state index contributed by atoms with van der Waals surface area (Å²) in [6, 6.07) is 11.7. The van der Waals surface area contributed by atoms with Gasteiger partial charge >= 0.3 is 0 Å². The van der Waals surface area contributed by atoms with Crippen molar-refractivity contribution >= 4 is 17.1 Å². The molecule has 2 aliphatic rings. The van der Waals surface area contributed by atoms with E-state index in [-0.39, 0.29) is 16.6 Å². The molecule has 0 unspecified atom stereocenters. The zero-order chi connectivity index (χ0) is 22.6. The van der Waals surface area contributed by atoms with Crippen LogP contribution in [-0.4, -0.2) is 24.4 Å². The number of allylic oxidation sites excluding steroid dienone is 6. The molecule has 2 aromatic rings. The van der Waals surface area contributed by atoms with E-state index in [4.69, 9.17) is 0 Å². The van der Waals surface area contributed by atoms with Crippen molar-refractivity contribution in [1.29, 1.82) is 0 Å². The Morgan fingerprint density at radius 2 is 1.65 bits per heavy atom. The van der Waals surface area contributed by atoms with Gasteiger partial charge in [0.1, 0.15) is 12.9 Å². The lowest BCUT2D eigenvalue weighted by Crippen LogP contribution is -2.26. The third-order valence-corrected chi connectivity index (χ3v) is 6.91. The van der Waals surface area contributed by atoms with Crippen molar-refractivity contribution < 1.29 is 8.97 Å². The van der Waals surface area contributed by atoms with Crippen LogP contribution in [0.2, 0.25) is 0 Å². The van der Waals surface area contributed by atoms with Gasteiger partial charge in [-0.1, -0.05) is 49.8 Å². The van der Waals surface area contributed by atoms with Gasteiger partial charge in [-0.2, -0.15) is 4.58 Å². The monoisotopic (exact) mass is 415 g/mol. The fraction of sp³-hybridized carbons (Fsp3) is 0.321. The molecule has 0 spiro atoms. The molecule has 0 radical (unpaired) electrons. The number of aryl methyl sites for hydroxylation is 1. The van der Waals surface area contributed by atoms with Gasteiger partial charge in [-0.25, -0.2) is 4.39 Å². The fourth-order valence-corrected chi connectivity index (χ4v) is 5.12. The normalized spacial score (nSPS) is 20.4. The number of likely N-dealkylation sites (N-methyl/N-ethyl adjacent to an activating group) is 1. The second-order valence-electron chi connectivity index (χ2n) is 9.73. The Hall–Kier alpha value is -2.94. The van der Waals surface area contributed by atoms with Crippen molar-refractivity contribution in [3.05, 3.63) is 95.0 Å². The van der Waals surface area contributed by atoms with Gasteiger partial charge in [0.15, 0.2) is 5.71 Å². The smallest absolute Gasteiger partial charge is 0.209 e. The summed E-state index contributed by atoms with van der Waals surface area (Å²) in [7, 11) is 4.19. The molecule has 2 aliphatic heterocycles. The van der Waals surface area contributed by atoms with Crippen molar-refractivity contribution in [2.45, 2.75) is 45.4 Å². The van der Waals surface area contributed by atoms with Crippen LogP contribution in [0.5, 0.6) is 0 Å². The zero-order valence-corrected chi connectivity index (χ0v) is 19.6. The van der Waals surface area contributed by atoms with Crippen LogP contribution in [0, 0.1) is 12.7 Å². The maximum Gasteiger partial charge on any atom is 0.209 e. The van der Waals surface area contributed by atoms with E-state index < -0.39 is 0 Å². The Bertz CT molecular complexity index is 1180. The highest BCUT2D eigenvalue weighted by Crippen LogP contribution is 2.47. The lowest BCUT2D eigenvalue weighted by molar-refractivity contribution is -0.401. The van der Waals surface area contributed by atoms with Gasteiger partial charge in [0.05, 0.1) is 5.41 Å². The lowest BCUT2D eigenvalue weighted by Gasteiger charge is -2.23. The average molecular weight is 416 g/mol. The summed E-state index contributed by atoms with van der Waals surface area (Å²) < 4.78 is 16.0. The van der Waals surface area contributed by atoms with E-state index in [9.17, 15) is 4.39 Å². The zero-order valence-electron chi connectivity index (χ0n) is 19.6. The third kappa shape index (κ3) is 3.37. The number of hydrogen-bond acceptors (Lipinski definition) is 1. The largest absolute Gasteiger partial charge is 0.347 e. The highest BCUT2D eigenvalue weighted by Gasteiger charge is 2.43. The second kappa shape index (κ2) is 7.33. The number of nitrogens with zero attached hydrogens (tertiary/aromatic N) is 2. The van der Waals surface area contributed by atoms with Crippen LogP contribution in [0.15, 0.2) is 72.5 Å². The molecular formula is C28H32FN2+. The number of benzene rings is 2. The molecule has 0 amide bonds. The highest BCUT2D eigenvalue weighted by atomic mass is 19.1. The SMILES string of the molecule is Cc1ccc2c(c1)C(C)(C)\C(=C/C=C/C=C/C1=[N+](C)c3ccc(F)cc3C1(C)C)N2C. The van der Waals surface area contributed by atoms with Crippen LogP contribution in [0.25, 0.3) is 0 Å². The molecule has 0 saturated heterocycles. The lowest BCUT2D eigenvalue weighted by atomic mass is 9.81. The second-order valence-corrected chi connectivity index (χ2v) is 9.73. The van der Waals surface area contributed by atoms with Crippen LogP contribution >= 0.6 is 0 Å². The predicted molar refractivity (Wildman–Crippen MR) is 129 cm³/mol. The molecule has 0 aliphatic carbocycles. The molecule has 3 heteroatoms. The molecule has 0 bridgehead atoms. The summed E-state index contributed by atoms with van der Waals surface area (Å²) in [6.45, 7) is 11.0. The Balaban J connectivity index is 1.57. The molecule has 2 aromatic carbocycles. The van der Waals surface area contributed by atoms with Crippen molar-refractivity contribution in [2.75, 3.05) is 19.0 Å². The van der Waals surface area contributed by atoms with Gasteiger partial charge in [0.25, 0.3) is 0 Å². The van der Waals surface area contributed by atoms with Gasteiger partial charge in [-0.05, 0) is 50.6 Å². The number of hydrogen-bond donors (Lipinski definition) is 0. The summed E-state index contributed by atoms with van der Waals surface area (Å²) in [6.07, 6.45) is 10.6. The fourth-order valence-electron chi connectivity index (χ4n) is 5.12.